The first-order valence-corrected chi connectivity index (χ1v) is 7.53. The van der Waals surface area contributed by atoms with E-state index in [2.05, 4.69) is 21.2 Å². The molecule has 0 saturated carbocycles. The van der Waals surface area contributed by atoms with Crippen molar-refractivity contribution in [3.05, 3.63) is 28.7 Å². The number of benzene rings is 1. The largest absolute Gasteiger partial charge is 0.463 e. The number of hydrogen-bond acceptors (Lipinski definition) is 6. The summed E-state index contributed by atoms with van der Waals surface area (Å²) in [5.41, 5.74) is 0. The number of ether oxygens (including phenoxy) is 2. The lowest BCUT2D eigenvalue weighted by Gasteiger charge is -2.42. The zero-order valence-corrected chi connectivity index (χ0v) is 13.4. The second-order valence-corrected chi connectivity index (χ2v) is 5.92. The summed E-state index contributed by atoms with van der Waals surface area (Å²) >= 11 is 3.30. The quantitative estimate of drug-likeness (QED) is 0.578. The fourth-order valence-corrected chi connectivity index (χ4v) is 2.48. The van der Waals surface area contributed by atoms with Crippen LogP contribution in [0, 0.1) is 0 Å². The first-order valence-electron chi connectivity index (χ1n) is 6.74. The Bertz CT molecular complexity index is 511. The third-order valence-electron chi connectivity index (χ3n) is 3.32. The number of aliphatic hydroxyl groups excluding tert-OH is 3. The molecule has 1 fully saturated rings. The Hall–Kier alpha value is -1.19. The van der Waals surface area contributed by atoms with E-state index in [-0.39, 0.29) is 0 Å². The van der Waals surface area contributed by atoms with Crippen LogP contribution < -0.4 is 10.1 Å². The zero-order chi connectivity index (χ0) is 16.3. The lowest BCUT2D eigenvalue weighted by atomic mass is 9.97. The molecule has 1 aromatic carbocycles. The van der Waals surface area contributed by atoms with Crippen molar-refractivity contribution in [1.29, 1.82) is 0 Å². The minimum Gasteiger partial charge on any atom is -0.463 e. The van der Waals surface area contributed by atoms with Crippen LogP contribution >= 0.6 is 15.9 Å². The fraction of sp³-hybridized carbons (Fsp3) is 0.500. The van der Waals surface area contributed by atoms with Crippen LogP contribution in [0.4, 0.5) is 0 Å². The van der Waals surface area contributed by atoms with Gasteiger partial charge in [0.2, 0.25) is 12.2 Å². The van der Waals surface area contributed by atoms with E-state index < -0.39 is 43.2 Å². The monoisotopic (exact) mass is 375 g/mol. The maximum absolute atomic E-state index is 11.3. The van der Waals surface area contributed by atoms with Gasteiger partial charge in [0.1, 0.15) is 30.1 Å². The molecule has 4 N–H and O–H groups in total. The molecule has 1 aromatic rings. The summed E-state index contributed by atoms with van der Waals surface area (Å²) in [4.78, 5) is 11.3. The predicted molar refractivity (Wildman–Crippen MR) is 80.1 cm³/mol. The van der Waals surface area contributed by atoms with Crippen LogP contribution in [0.1, 0.15) is 6.92 Å². The molecule has 5 atom stereocenters. The van der Waals surface area contributed by atoms with Gasteiger partial charge in [-0.3, -0.25) is 4.79 Å². The summed E-state index contributed by atoms with van der Waals surface area (Å²) in [6.07, 6.45) is -4.69. The number of aliphatic hydroxyl groups is 3. The van der Waals surface area contributed by atoms with Crippen LogP contribution in [-0.2, 0) is 9.53 Å². The van der Waals surface area contributed by atoms with E-state index in [1.54, 1.807) is 24.3 Å². The van der Waals surface area contributed by atoms with E-state index in [4.69, 9.17) is 9.47 Å². The van der Waals surface area contributed by atoms with E-state index in [0.717, 1.165) is 4.47 Å². The predicted octanol–water partition coefficient (Wildman–Crippen LogP) is -0.228. The van der Waals surface area contributed by atoms with Gasteiger partial charge in [-0.2, -0.15) is 0 Å². The highest BCUT2D eigenvalue weighted by Gasteiger charge is 2.46. The third-order valence-corrected chi connectivity index (χ3v) is 3.85. The van der Waals surface area contributed by atoms with Crippen molar-refractivity contribution in [3.8, 4) is 5.75 Å². The van der Waals surface area contributed by atoms with Gasteiger partial charge in [-0.25, -0.2) is 0 Å². The van der Waals surface area contributed by atoms with E-state index in [0.29, 0.717) is 5.75 Å². The van der Waals surface area contributed by atoms with Crippen molar-refractivity contribution < 1.29 is 29.6 Å². The number of amides is 1. The van der Waals surface area contributed by atoms with Gasteiger partial charge in [0.05, 0.1) is 6.61 Å². The number of rotatable bonds is 4. The highest BCUT2D eigenvalue weighted by atomic mass is 79.9. The molecule has 1 heterocycles. The number of carbonyl (C=O) groups excluding carboxylic acids is 1. The number of hydrogen-bond donors (Lipinski definition) is 4. The SMILES string of the molecule is CC(=O)N[C@@H]1[C@H](Oc2ccc(Br)cc2)O[C@H](CO)[C@H](O)[C@@H]1O. The van der Waals surface area contributed by atoms with Gasteiger partial charge in [0.15, 0.2) is 0 Å². The normalized spacial score (nSPS) is 31.6. The second kappa shape index (κ2) is 7.38. The summed E-state index contributed by atoms with van der Waals surface area (Å²) in [6, 6.07) is 5.94. The van der Waals surface area contributed by atoms with Crippen molar-refractivity contribution in [2.24, 2.45) is 0 Å². The Morgan fingerprint density at radius 2 is 1.95 bits per heavy atom. The van der Waals surface area contributed by atoms with Crippen LogP contribution in [0.15, 0.2) is 28.7 Å². The van der Waals surface area contributed by atoms with Crippen molar-refractivity contribution in [2.45, 2.75) is 37.6 Å². The van der Waals surface area contributed by atoms with E-state index in [9.17, 15) is 20.1 Å². The van der Waals surface area contributed by atoms with Gasteiger partial charge in [-0.1, -0.05) is 15.9 Å². The molecule has 1 aliphatic heterocycles. The Kier molecular flexibility index (Phi) is 5.76. The third kappa shape index (κ3) is 3.96. The highest BCUT2D eigenvalue weighted by molar-refractivity contribution is 9.10. The molecular weight excluding hydrogens is 358 g/mol. The van der Waals surface area contributed by atoms with Crippen LogP contribution in [0.2, 0.25) is 0 Å². The minimum atomic E-state index is -1.33. The average molecular weight is 376 g/mol. The Morgan fingerprint density at radius 3 is 2.50 bits per heavy atom. The fourth-order valence-electron chi connectivity index (χ4n) is 2.22. The van der Waals surface area contributed by atoms with Gasteiger partial charge in [-0.15, -0.1) is 0 Å². The van der Waals surface area contributed by atoms with Crippen LogP contribution in [0.25, 0.3) is 0 Å². The summed E-state index contributed by atoms with van der Waals surface area (Å²) in [6.45, 7) is 0.805. The molecule has 2 rings (SSSR count). The lowest BCUT2D eigenvalue weighted by molar-refractivity contribution is -0.244. The Morgan fingerprint density at radius 1 is 1.32 bits per heavy atom. The lowest BCUT2D eigenvalue weighted by Crippen LogP contribution is -2.65. The summed E-state index contributed by atoms with van der Waals surface area (Å²) in [7, 11) is 0. The molecule has 0 aliphatic carbocycles. The van der Waals surface area contributed by atoms with Crippen LogP contribution in [0.3, 0.4) is 0 Å². The van der Waals surface area contributed by atoms with Gasteiger partial charge < -0.3 is 30.1 Å². The molecule has 122 valence electrons. The molecule has 7 nitrogen and oxygen atoms in total. The second-order valence-electron chi connectivity index (χ2n) is 5.00. The molecular formula is C14H18BrNO6. The molecule has 0 radical (unpaired) electrons. The topological polar surface area (TPSA) is 108 Å². The Labute approximate surface area is 136 Å². The van der Waals surface area contributed by atoms with Crippen molar-refractivity contribution >= 4 is 21.8 Å². The standard InChI is InChI=1S/C14H18BrNO6/c1-7(18)16-11-13(20)12(19)10(6-17)22-14(11)21-9-4-2-8(15)3-5-9/h2-5,10-14,17,19-20H,6H2,1H3,(H,16,18)/t10-,11+,12+,13-,14-/m1/s1. The maximum atomic E-state index is 11.3. The van der Waals surface area contributed by atoms with Gasteiger partial charge in [-0.05, 0) is 24.3 Å². The zero-order valence-electron chi connectivity index (χ0n) is 11.8. The van der Waals surface area contributed by atoms with Crippen molar-refractivity contribution in [1.82, 2.24) is 5.32 Å². The number of halogens is 1. The van der Waals surface area contributed by atoms with E-state index in [1.165, 1.54) is 6.92 Å². The molecule has 8 heteroatoms. The maximum Gasteiger partial charge on any atom is 0.223 e. The summed E-state index contributed by atoms with van der Waals surface area (Å²) < 4.78 is 12.0. The molecule has 0 aromatic heterocycles. The Balaban J connectivity index is 2.18. The minimum absolute atomic E-state index is 0.397. The molecule has 0 unspecified atom stereocenters. The van der Waals surface area contributed by atoms with Crippen molar-refractivity contribution in [3.63, 3.8) is 0 Å². The first-order chi connectivity index (χ1) is 10.4. The highest BCUT2D eigenvalue weighted by Crippen LogP contribution is 2.25. The van der Waals surface area contributed by atoms with Crippen LogP contribution in [0.5, 0.6) is 5.75 Å². The van der Waals surface area contributed by atoms with E-state index >= 15 is 0 Å². The average Bonchev–Trinajstić information content (AvgIpc) is 2.48. The molecule has 1 saturated heterocycles. The molecule has 0 bridgehead atoms. The molecule has 1 amide bonds. The van der Waals surface area contributed by atoms with Gasteiger partial charge >= 0.3 is 0 Å². The van der Waals surface area contributed by atoms with Gasteiger partial charge in [0, 0.05) is 11.4 Å². The summed E-state index contributed by atoms with van der Waals surface area (Å²) in [5, 5.41) is 31.8. The summed E-state index contributed by atoms with van der Waals surface area (Å²) in [5.74, 6) is 0.0653. The number of nitrogens with one attached hydrogen (secondary N) is 1. The van der Waals surface area contributed by atoms with Crippen molar-refractivity contribution in [2.75, 3.05) is 6.61 Å². The van der Waals surface area contributed by atoms with E-state index in [1.807, 2.05) is 0 Å². The molecule has 1 aliphatic rings. The van der Waals surface area contributed by atoms with Crippen LogP contribution in [-0.4, -0.2) is 58.5 Å². The number of carbonyl (C=O) groups is 1. The molecule has 0 spiro atoms. The molecule has 22 heavy (non-hydrogen) atoms. The smallest absolute Gasteiger partial charge is 0.223 e. The first kappa shape index (κ1) is 17.2. The van der Waals surface area contributed by atoms with Gasteiger partial charge in [0.25, 0.3) is 0 Å².